The first-order chi connectivity index (χ1) is 10.7. The molecule has 0 unspecified atom stereocenters. The molecule has 0 spiro atoms. The predicted molar refractivity (Wildman–Crippen MR) is 91.8 cm³/mol. The summed E-state index contributed by atoms with van der Waals surface area (Å²) in [6.07, 6.45) is 6.19. The molecule has 5 heteroatoms. The fourth-order valence-electron chi connectivity index (χ4n) is 3.77. The third-order valence-electron chi connectivity index (χ3n) is 5.03. The quantitative estimate of drug-likeness (QED) is 0.796. The van der Waals surface area contributed by atoms with Crippen LogP contribution in [-0.4, -0.2) is 47.6 Å². The van der Waals surface area contributed by atoms with E-state index in [1.807, 2.05) is 6.92 Å². The van der Waals surface area contributed by atoms with Crippen LogP contribution < -0.4 is 4.90 Å². The van der Waals surface area contributed by atoms with E-state index < -0.39 is 0 Å². The second-order valence-corrected chi connectivity index (χ2v) is 7.01. The maximum absolute atomic E-state index is 6.31. The smallest absolute Gasteiger partial charge is 0.138 e. The summed E-state index contributed by atoms with van der Waals surface area (Å²) in [6.45, 7) is 10.1. The summed E-state index contributed by atoms with van der Waals surface area (Å²) >= 11 is 6.31. The molecule has 22 heavy (non-hydrogen) atoms. The van der Waals surface area contributed by atoms with Crippen LogP contribution in [0.5, 0.6) is 0 Å². The Kier molecular flexibility index (Phi) is 5.19. The molecule has 0 N–H and O–H groups in total. The predicted octanol–water partition coefficient (Wildman–Crippen LogP) is 3.31. The molecule has 0 saturated carbocycles. The number of piperidine rings is 1. The van der Waals surface area contributed by atoms with E-state index in [1.165, 1.54) is 45.3 Å². The van der Waals surface area contributed by atoms with Crippen LogP contribution in [0.3, 0.4) is 0 Å². The average molecular weight is 323 g/mol. The number of nitrogens with zero attached hydrogens (tertiary/aromatic N) is 4. The molecule has 0 atom stereocenters. The van der Waals surface area contributed by atoms with Crippen LogP contribution in [0, 0.1) is 12.8 Å². The van der Waals surface area contributed by atoms with E-state index in [1.54, 1.807) is 0 Å². The highest BCUT2D eigenvalue weighted by molar-refractivity contribution is 6.30. The second-order valence-electron chi connectivity index (χ2n) is 6.66. The van der Waals surface area contributed by atoms with Gasteiger partial charge in [0.2, 0.25) is 0 Å². The summed E-state index contributed by atoms with van der Waals surface area (Å²) in [4.78, 5) is 14.0. The fourth-order valence-corrected chi connectivity index (χ4v) is 4.11. The van der Waals surface area contributed by atoms with Crippen molar-refractivity contribution >= 4 is 17.4 Å². The monoisotopic (exact) mass is 322 g/mol. The minimum atomic E-state index is 0.629. The van der Waals surface area contributed by atoms with Gasteiger partial charge in [-0.05, 0) is 58.0 Å². The largest absolute Gasteiger partial charge is 0.356 e. The zero-order valence-electron chi connectivity index (χ0n) is 13.8. The highest BCUT2D eigenvalue weighted by Crippen LogP contribution is 2.29. The first kappa shape index (κ1) is 16.0. The van der Waals surface area contributed by atoms with Crippen LogP contribution in [-0.2, 0) is 6.42 Å². The summed E-state index contributed by atoms with van der Waals surface area (Å²) in [5.41, 5.74) is 1.10. The molecule has 2 fully saturated rings. The van der Waals surface area contributed by atoms with Gasteiger partial charge in [-0.25, -0.2) is 9.97 Å². The van der Waals surface area contributed by atoms with Crippen molar-refractivity contribution in [3.8, 4) is 0 Å². The number of rotatable bonds is 4. The number of hydrogen-bond donors (Lipinski definition) is 0. The van der Waals surface area contributed by atoms with Gasteiger partial charge in [-0.15, -0.1) is 0 Å². The maximum Gasteiger partial charge on any atom is 0.138 e. The summed E-state index contributed by atoms with van der Waals surface area (Å²) < 4.78 is 0. The molecule has 122 valence electrons. The molecule has 0 amide bonds. The highest BCUT2D eigenvalue weighted by atomic mass is 35.5. The fraction of sp³-hybridized carbons (Fsp3) is 0.765. The first-order valence-electron chi connectivity index (χ1n) is 8.67. The van der Waals surface area contributed by atoms with Crippen molar-refractivity contribution in [2.75, 3.05) is 37.6 Å². The van der Waals surface area contributed by atoms with Gasteiger partial charge in [0.05, 0.1) is 0 Å². The molecular weight excluding hydrogens is 296 g/mol. The molecule has 3 heterocycles. The Morgan fingerprint density at radius 3 is 2.41 bits per heavy atom. The van der Waals surface area contributed by atoms with Gasteiger partial charge in [0.1, 0.15) is 16.8 Å². The minimum Gasteiger partial charge on any atom is -0.356 e. The zero-order chi connectivity index (χ0) is 15.5. The second kappa shape index (κ2) is 7.14. The Labute approximate surface area is 138 Å². The molecule has 0 aromatic carbocycles. The van der Waals surface area contributed by atoms with Gasteiger partial charge in [0.25, 0.3) is 0 Å². The molecule has 1 aromatic rings. The lowest BCUT2D eigenvalue weighted by Gasteiger charge is -2.35. The van der Waals surface area contributed by atoms with Gasteiger partial charge in [-0.3, -0.25) is 0 Å². The van der Waals surface area contributed by atoms with Crippen LogP contribution in [0.1, 0.15) is 44.0 Å². The van der Waals surface area contributed by atoms with Gasteiger partial charge in [-0.2, -0.15) is 0 Å². The Morgan fingerprint density at radius 1 is 1.09 bits per heavy atom. The number of aromatic nitrogens is 2. The SMILES string of the molecule is CCc1c(Cl)nc(C)nc1N1CCC(CN2CCCC2)CC1. The zero-order valence-corrected chi connectivity index (χ0v) is 14.6. The van der Waals surface area contributed by atoms with Gasteiger partial charge in [0, 0.05) is 25.2 Å². The molecule has 2 saturated heterocycles. The van der Waals surface area contributed by atoms with Crippen LogP contribution in [0.4, 0.5) is 5.82 Å². The Balaban J connectivity index is 1.63. The van der Waals surface area contributed by atoms with E-state index in [0.717, 1.165) is 42.6 Å². The Bertz CT molecular complexity index is 506. The van der Waals surface area contributed by atoms with Gasteiger partial charge in [-0.1, -0.05) is 18.5 Å². The summed E-state index contributed by atoms with van der Waals surface area (Å²) in [6, 6.07) is 0. The standard InChI is InChI=1S/C17H27ClN4/c1-3-15-16(18)19-13(2)20-17(15)22-10-6-14(7-11-22)12-21-8-4-5-9-21/h14H,3-12H2,1-2H3. The van der Waals surface area contributed by atoms with Crippen molar-refractivity contribution in [1.29, 1.82) is 0 Å². The normalized spacial score (nSPS) is 20.8. The molecule has 2 aliphatic heterocycles. The summed E-state index contributed by atoms with van der Waals surface area (Å²) in [5, 5.41) is 0.629. The summed E-state index contributed by atoms with van der Waals surface area (Å²) in [5.74, 6) is 2.69. The molecule has 0 bridgehead atoms. The lowest BCUT2D eigenvalue weighted by Crippen LogP contribution is -2.39. The van der Waals surface area contributed by atoms with Crippen LogP contribution in [0.2, 0.25) is 5.15 Å². The molecule has 0 aliphatic carbocycles. The maximum atomic E-state index is 6.31. The van der Waals surface area contributed by atoms with Crippen LogP contribution >= 0.6 is 11.6 Å². The number of halogens is 1. The first-order valence-corrected chi connectivity index (χ1v) is 9.05. The molecular formula is C17H27ClN4. The lowest BCUT2D eigenvalue weighted by molar-refractivity contribution is 0.249. The minimum absolute atomic E-state index is 0.629. The van der Waals surface area contributed by atoms with Crippen molar-refractivity contribution < 1.29 is 0 Å². The topological polar surface area (TPSA) is 32.3 Å². The van der Waals surface area contributed by atoms with Gasteiger partial charge in [0.15, 0.2) is 0 Å². The molecule has 2 aliphatic rings. The highest BCUT2D eigenvalue weighted by Gasteiger charge is 2.25. The van der Waals surface area contributed by atoms with E-state index in [0.29, 0.717) is 5.15 Å². The average Bonchev–Trinajstić information content (AvgIpc) is 3.00. The molecule has 4 nitrogen and oxygen atoms in total. The van der Waals surface area contributed by atoms with E-state index >= 15 is 0 Å². The number of aryl methyl sites for hydroxylation is 1. The van der Waals surface area contributed by atoms with Crippen molar-refractivity contribution in [2.45, 2.75) is 46.0 Å². The molecule has 3 rings (SSSR count). The van der Waals surface area contributed by atoms with Crippen molar-refractivity contribution in [1.82, 2.24) is 14.9 Å². The third-order valence-corrected chi connectivity index (χ3v) is 5.34. The van der Waals surface area contributed by atoms with Crippen molar-refractivity contribution in [2.24, 2.45) is 5.92 Å². The van der Waals surface area contributed by atoms with Crippen molar-refractivity contribution in [3.63, 3.8) is 0 Å². The Hall–Kier alpha value is -0.870. The van der Waals surface area contributed by atoms with E-state index in [-0.39, 0.29) is 0 Å². The number of anilines is 1. The molecule has 1 aromatic heterocycles. The van der Waals surface area contributed by atoms with E-state index in [4.69, 9.17) is 11.6 Å². The van der Waals surface area contributed by atoms with Gasteiger partial charge < -0.3 is 9.80 Å². The van der Waals surface area contributed by atoms with Crippen LogP contribution in [0.15, 0.2) is 0 Å². The number of hydrogen-bond acceptors (Lipinski definition) is 4. The third kappa shape index (κ3) is 3.54. The van der Waals surface area contributed by atoms with Crippen LogP contribution in [0.25, 0.3) is 0 Å². The van der Waals surface area contributed by atoms with Crippen molar-refractivity contribution in [3.05, 3.63) is 16.5 Å². The van der Waals surface area contributed by atoms with E-state index in [2.05, 4.69) is 26.7 Å². The molecule has 0 radical (unpaired) electrons. The lowest BCUT2D eigenvalue weighted by atomic mass is 9.96. The van der Waals surface area contributed by atoms with Gasteiger partial charge >= 0.3 is 0 Å². The van der Waals surface area contributed by atoms with E-state index in [9.17, 15) is 0 Å². The number of likely N-dealkylation sites (tertiary alicyclic amines) is 1. The Morgan fingerprint density at radius 2 is 1.77 bits per heavy atom. The summed E-state index contributed by atoms with van der Waals surface area (Å²) in [7, 11) is 0.